The van der Waals surface area contributed by atoms with Crippen molar-refractivity contribution in [1.82, 2.24) is 0 Å². The molecule has 0 fully saturated rings. The van der Waals surface area contributed by atoms with Gasteiger partial charge in [0.05, 0.1) is 6.61 Å². The van der Waals surface area contributed by atoms with Crippen LogP contribution in [0.1, 0.15) is 322 Å². The fraction of sp³-hybridized carbons (Fsp3) is 0.726. The molecule has 1 N–H and O–H groups in total. The SMILES string of the molecule is CC/C=C\C/C=C\C/C=C\C/C=C\C/C=C\C/C=C\C/C=C\CCCCCC(=O)OC(CO)COC(=O)CCCCCCCCCCCCCCCCCCCCCCCCCCCCC/C=C\C/C=C\CCCCCCC. The van der Waals surface area contributed by atoms with Gasteiger partial charge in [0.1, 0.15) is 6.61 Å². The number of esters is 2. The number of aliphatic hydroxyl groups is 1. The first-order chi connectivity index (χ1) is 38.6. The van der Waals surface area contributed by atoms with Gasteiger partial charge >= 0.3 is 11.9 Å². The lowest BCUT2D eigenvalue weighted by Gasteiger charge is -2.15. The van der Waals surface area contributed by atoms with Crippen LogP contribution in [-0.2, 0) is 19.1 Å². The van der Waals surface area contributed by atoms with Crippen molar-refractivity contribution in [2.75, 3.05) is 13.2 Å². The maximum Gasteiger partial charge on any atom is 0.306 e. The van der Waals surface area contributed by atoms with Gasteiger partial charge in [-0.2, -0.15) is 0 Å². The highest BCUT2D eigenvalue weighted by atomic mass is 16.6. The van der Waals surface area contributed by atoms with E-state index < -0.39 is 6.10 Å². The predicted molar refractivity (Wildman–Crippen MR) is 343 cm³/mol. The van der Waals surface area contributed by atoms with Gasteiger partial charge in [-0.25, -0.2) is 0 Å². The van der Waals surface area contributed by atoms with Crippen LogP contribution in [0, 0.1) is 0 Å². The normalized spacial score (nSPS) is 12.9. The first-order valence-electron chi connectivity index (χ1n) is 33.4. The Bertz CT molecular complexity index is 1510. The Hall–Kier alpha value is -3.44. The summed E-state index contributed by atoms with van der Waals surface area (Å²) in [4.78, 5) is 24.6. The van der Waals surface area contributed by atoms with E-state index in [1.165, 1.54) is 199 Å². The van der Waals surface area contributed by atoms with Crippen LogP contribution in [0.5, 0.6) is 0 Å². The highest BCUT2D eigenvalue weighted by molar-refractivity contribution is 5.70. The molecule has 0 aliphatic heterocycles. The van der Waals surface area contributed by atoms with Gasteiger partial charge in [0.25, 0.3) is 0 Å². The molecule has 0 aromatic rings. The van der Waals surface area contributed by atoms with Crippen LogP contribution in [0.2, 0.25) is 0 Å². The van der Waals surface area contributed by atoms with Gasteiger partial charge in [-0.1, -0.05) is 316 Å². The van der Waals surface area contributed by atoms with Crippen molar-refractivity contribution in [3.8, 4) is 0 Å². The summed E-state index contributed by atoms with van der Waals surface area (Å²) in [6.07, 6.45) is 98.3. The van der Waals surface area contributed by atoms with E-state index in [1.54, 1.807) is 0 Å². The molecule has 0 aliphatic rings. The summed E-state index contributed by atoms with van der Waals surface area (Å²) < 4.78 is 10.7. The lowest BCUT2D eigenvalue weighted by molar-refractivity contribution is -0.161. The van der Waals surface area contributed by atoms with Crippen LogP contribution < -0.4 is 0 Å². The quantitative estimate of drug-likeness (QED) is 0.0373. The van der Waals surface area contributed by atoms with Crippen molar-refractivity contribution in [1.29, 1.82) is 0 Å². The van der Waals surface area contributed by atoms with Crippen molar-refractivity contribution in [3.05, 3.63) is 109 Å². The standard InChI is InChI=1S/C73H126O5/c1-3-5-7-9-11-13-15-17-19-21-23-25-27-29-30-31-32-33-34-35-36-37-38-39-40-41-42-44-45-47-49-51-53-55-57-59-61-63-65-67-72(75)77-70-71(69-74)78-73(76)68-66-64-62-60-58-56-54-52-50-48-46-43-28-26-24-22-20-18-16-14-12-10-8-6-4-2/h6,8,12,14-15,17-18,20-21,23-24,26,43,46,50,52,56,58,71,74H,3-5,7,9-11,13,16,19,22,25,27-42,44-45,47-49,51,53-55,57,59-70H2,1-2H3/b8-6-,14-12-,17-15-,20-18-,23-21-,26-24-,46-43-,52-50-,58-56-. The van der Waals surface area contributed by atoms with Crippen LogP contribution in [-0.4, -0.2) is 36.4 Å². The van der Waals surface area contributed by atoms with Gasteiger partial charge in [-0.05, 0) is 103 Å². The molecule has 0 saturated carbocycles. The van der Waals surface area contributed by atoms with E-state index in [9.17, 15) is 14.7 Å². The van der Waals surface area contributed by atoms with Gasteiger partial charge < -0.3 is 14.6 Å². The molecule has 0 heterocycles. The van der Waals surface area contributed by atoms with Crippen LogP contribution in [0.3, 0.4) is 0 Å². The second-order valence-electron chi connectivity index (χ2n) is 22.2. The monoisotopic (exact) mass is 1080 g/mol. The lowest BCUT2D eigenvalue weighted by Crippen LogP contribution is -2.28. The smallest absolute Gasteiger partial charge is 0.306 e. The Morgan fingerprint density at radius 2 is 0.551 bits per heavy atom. The van der Waals surface area contributed by atoms with Crippen LogP contribution >= 0.6 is 0 Å². The van der Waals surface area contributed by atoms with E-state index >= 15 is 0 Å². The number of unbranched alkanes of at least 4 members (excludes halogenated alkanes) is 35. The molecule has 5 nitrogen and oxygen atoms in total. The maximum absolute atomic E-state index is 12.3. The van der Waals surface area contributed by atoms with Gasteiger partial charge in [0.15, 0.2) is 6.10 Å². The summed E-state index contributed by atoms with van der Waals surface area (Å²) in [7, 11) is 0. The summed E-state index contributed by atoms with van der Waals surface area (Å²) in [5.74, 6) is -0.623. The Morgan fingerprint density at radius 1 is 0.308 bits per heavy atom. The summed E-state index contributed by atoms with van der Waals surface area (Å²) in [6, 6.07) is 0. The van der Waals surface area contributed by atoms with Crippen LogP contribution in [0.15, 0.2) is 109 Å². The molecule has 0 rings (SSSR count). The van der Waals surface area contributed by atoms with Gasteiger partial charge in [-0.15, -0.1) is 0 Å². The maximum atomic E-state index is 12.3. The Labute approximate surface area is 484 Å². The Kier molecular flexibility index (Phi) is 64.8. The fourth-order valence-electron chi connectivity index (χ4n) is 9.57. The molecule has 0 aliphatic carbocycles. The number of rotatable bonds is 61. The molecule has 0 aromatic carbocycles. The lowest BCUT2D eigenvalue weighted by atomic mass is 10.0. The number of allylic oxidation sites excluding steroid dienone is 18. The molecule has 0 spiro atoms. The van der Waals surface area contributed by atoms with Gasteiger partial charge in [0, 0.05) is 12.8 Å². The summed E-state index contributed by atoms with van der Waals surface area (Å²) in [5.41, 5.74) is 0. The minimum Gasteiger partial charge on any atom is -0.462 e. The number of carbonyl (C=O) groups is 2. The molecule has 448 valence electrons. The van der Waals surface area contributed by atoms with E-state index in [4.69, 9.17) is 9.47 Å². The second kappa shape index (κ2) is 67.8. The van der Waals surface area contributed by atoms with Crippen LogP contribution in [0.25, 0.3) is 0 Å². The van der Waals surface area contributed by atoms with E-state index in [0.717, 1.165) is 96.3 Å². The van der Waals surface area contributed by atoms with E-state index in [-0.39, 0.29) is 25.2 Å². The largest absolute Gasteiger partial charge is 0.462 e. The average Bonchev–Trinajstić information content (AvgIpc) is 3.44. The van der Waals surface area contributed by atoms with Crippen molar-refractivity contribution in [3.63, 3.8) is 0 Å². The van der Waals surface area contributed by atoms with Crippen molar-refractivity contribution < 1.29 is 24.2 Å². The van der Waals surface area contributed by atoms with Crippen molar-refractivity contribution in [2.24, 2.45) is 0 Å². The number of hydrogen-bond donors (Lipinski definition) is 1. The number of carbonyl (C=O) groups excluding carboxylic acids is 2. The second-order valence-corrected chi connectivity index (χ2v) is 22.2. The zero-order chi connectivity index (χ0) is 56.2. The molecule has 0 amide bonds. The summed E-state index contributed by atoms with van der Waals surface area (Å²) in [5, 5.41) is 9.68. The predicted octanol–water partition coefficient (Wildman–Crippen LogP) is 23.2. The third-order valence-electron chi connectivity index (χ3n) is 14.6. The third-order valence-corrected chi connectivity index (χ3v) is 14.6. The minimum absolute atomic E-state index is 0.0826. The molecule has 1 unspecified atom stereocenters. The number of ether oxygens (including phenoxy) is 2. The van der Waals surface area contributed by atoms with E-state index in [2.05, 4.69) is 123 Å². The van der Waals surface area contributed by atoms with Crippen LogP contribution in [0.4, 0.5) is 0 Å². The van der Waals surface area contributed by atoms with Crippen molar-refractivity contribution >= 4 is 11.9 Å². The number of hydrogen-bond acceptors (Lipinski definition) is 5. The van der Waals surface area contributed by atoms with Crippen molar-refractivity contribution in [2.45, 2.75) is 328 Å². The molecule has 5 heteroatoms. The molecule has 0 bridgehead atoms. The molecule has 0 aromatic heterocycles. The molecule has 78 heavy (non-hydrogen) atoms. The molecular weight excluding hydrogens is 957 g/mol. The van der Waals surface area contributed by atoms with E-state index in [1.807, 2.05) is 0 Å². The first-order valence-corrected chi connectivity index (χ1v) is 33.4. The first kappa shape index (κ1) is 74.6. The molecule has 0 radical (unpaired) electrons. The third kappa shape index (κ3) is 65.1. The summed E-state index contributed by atoms with van der Waals surface area (Å²) >= 11 is 0. The van der Waals surface area contributed by atoms with E-state index in [0.29, 0.717) is 12.8 Å². The molecule has 0 saturated heterocycles. The Balaban J connectivity index is 3.47. The highest BCUT2D eigenvalue weighted by Crippen LogP contribution is 2.17. The average molecular weight is 1080 g/mol. The minimum atomic E-state index is -0.797. The fourth-order valence-corrected chi connectivity index (χ4v) is 9.57. The van der Waals surface area contributed by atoms with Gasteiger partial charge in [0.2, 0.25) is 0 Å². The molecular formula is C73H126O5. The summed E-state index contributed by atoms with van der Waals surface area (Å²) in [6.45, 7) is 4.01. The highest BCUT2D eigenvalue weighted by Gasteiger charge is 2.16. The topological polar surface area (TPSA) is 72.8 Å². The van der Waals surface area contributed by atoms with Gasteiger partial charge in [-0.3, -0.25) is 9.59 Å². The zero-order valence-electron chi connectivity index (χ0n) is 51.4. The molecule has 1 atom stereocenters. The zero-order valence-corrected chi connectivity index (χ0v) is 51.4. The Morgan fingerprint density at radius 3 is 0.846 bits per heavy atom. The number of aliphatic hydroxyl groups excluding tert-OH is 1.